The van der Waals surface area contributed by atoms with Crippen LogP contribution in [0.5, 0.6) is 0 Å². The summed E-state index contributed by atoms with van der Waals surface area (Å²) in [5.41, 5.74) is 2.55. The molecule has 1 N–H and O–H groups in total. The van der Waals surface area contributed by atoms with Gasteiger partial charge in [0.1, 0.15) is 5.82 Å². The van der Waals surface area contributed by atoms with Crippen molar-refractivity contribution in [2.75, 3.05) is 0 Å². The molecule has 1 heterocycles. The predicted molar refractivity (Wildman–Crippen MR) is 93.3 cm³/mol. The summed E-state index contributed by atoms with van der Waals surface area (Å²) < 4.78 is 0. The van der Waals surface area contributed by atoms with Crippen LogP contribution < -0.4 is 0 Å². The molecule has 0 saturated heterocycles. The summed E-state index contributed by atoms with van der Waals surface area (Å²) in [6.45, 7) is 0. The molecule has 0 atom stereocenters. The van der Waals surface area contributed by atoms with E-state index in [2.05, 4.69) is 9.97 Å². The van der Waals surface area contributed by atoms with E-state index in [0.29, 0.717) is 26.5 Å². The SMILES string of the molecule is Clc1cc(Cl)cc(-c2c[nH]c(Cc3cc(Cl)ccc3Cl)n2)c1. The second-order valence-corrected chi connectivity index (χ2v) is 6.52. The van der Waals surface area contributed by atoms with Crippen LogP contribution in [0.2, 0.25) is 20.1 Å². The minimum absolute atomic E-state index is 0.563. The lowest BCUT2D eigenvalue weighted by atomic mass is 10.1. The molecule has 0 radical (unpaired) electrons. The Labute approximate surface area is 148 Å². The van der Waals surface area contributed by atoms with Gasteiger partial charge in [-0.25, -0.2) is 4.98 Å². The van der Waals surface area contributed by atoms with E-state index in [1.54, 1.807) is 18.2 Å². The van der Waals surface area contributed by atoms with Gasteiger partial charge in [0.15, 0.2) is 0 Å². The number of H-pyrrole nitrogens is 1. The van der Waals surface area contributed by atoms with E-state index in [-0.39, 0.29) is 0 Å². The number of benzene rings is 2. The first kappa shape index (κ1) is 15.7. The zero-order valence-electron chi connectivity index (χ0n) is 11.2. The summed E-state index contributed by atoms with van der Waals surface area (Å²) >= 11 is 24.2. The highest BCUT2D eigenvalue weighted by Crippen LogP contribution is 2.27. The van der Waals surface area contributed by atoms with Crippen LogP contribution in [0.1, 0.15) is 11.4 Å². The number of nitrogens with zero attached hydrogens (tertiary/aromatic N) is 1. The van der Waals surface area contributed by atoms with Gasteiger partial charge in [-0.15, -0.1) is 0 Å². The van der Waals surface area contributed by atoms with E-state index < -0.39 is 0 Å². The molecule has 1 aromatic heterocycles. The summed E-state index contributed by atoms with van der Waals surface area (Å²) in [5, 5.41) is 2.45. The fraction of sp³-hybridized carbons (Fsp3) is 0.0625. The number of halogens is 4. The molecule has 0 amide bonds. The van der Waals surface area contributed by atoms with E-state index in [0.717, 1.165) is 22.6 Å². The Kier molecular flexibility index (Phi) is 4.65. The smallest absolute Gasteiger partial charge is 0.111 e. The lowest BCUT2D eigenvalue weighted by Gasteiger charge is -2.03. The molecule has 0 saturated carbocycles. The van der Waals surface area contributed by atoms with Gasteiger partial charge in [-0.3, -0.25) is 0 Å². The normalized spacial score (nSPS) is 10.9. The van der Waals surface area contributed by atoms with Gasteiger partial charge in [-0.05, 0) is 42.0 Å². The predicted octanol–water partition coefficient (Wildman–Crippen LogP) is 6.28. The number of aromatic amines is 1. The third-order valence-electron chi connectivity index (χ3n) is 3.15. The average Bonchev–Trinajstić information content (AvgIpc) is 2.90. The summed E-state index contributed by atoms with van der Waals surface area (Å²) in [6.07, 6.45) is 2.38. The number of aromatic nitrogens is 2. The number of hydrogen-bond acceptors (Lipinski definition) is 1. The van der Waals surface area contributed by atoms with Crippen molar-refractivity contribution in [2.24, 2.45) is 0 Å². The molecule has 0 unspecified atom stereocenters. The van der Waals surface area contributed by atoms with Crippen LogP contribution in [-0.2, 0) is 6.42 Å². The zero-order chi connectivity index (χ0) is 15.7. The third kappa shape index (κ3) is 3.58. The lowest BCUT2D eigenvalue weighted by molar-refractivity contribution is 1.03. The molecule has 0 aliphatic carbocycles. The number of rotatable bonds is 3. The highest BCUT2D eigenvalue weighted by Gasteiger charge is 2.09. The van der Waals surface area contributed by atoms with Crippen LogP contribution in [0.3, 0.4) is 0 Å². The van der Waals surface area contributed by atoms with E-state index in [4.69, 9.17) is 46.4 Å². The van der Waals surface area contributed by atoms with E-state index in [1.807, 2.05) is 24.4 Å². The van der Waals surface area contributed by atoms with Crippen molar-refractivity contribution in [3.63, 3.8) is 0 Å². The maximum absolute atomic E-state index is 6.18. The molecule has 2 aromatic carbocycles. The van der Waals surface area contributed by atoms with Gasteiger partial charge < -0.3 is 4.98 Å². The standard InChI is InChI=1S/C16H10Cl4N2/c17-11-1-2-14(20)9(3-11)6-16-21-8-15(22-16)10-4-12(18)7-13(19)5-10/h1-5,7-8H,6H2,(H,21,22). The van der Waals surface area contributed by atoms with Crippen molar-refractivity contribution in [1.82, 2.24) is 9.97 Å². The van der Waals surface area contributed by atoms with Crippen LogP contribution in [-0.4, -0.2) is 9.97 Å². The molecule has 6 heteroatoms. The summed E-state index contributed by atoms with van der Waals surface area (Å²) in [6, 6.07) is 10.7. The number of imidazole rings is 1. The van der Waals surface area contributed by atoms with Crippen LogP contribution in [0.25, 0.3) is 11.3 Å². The van der Waals surface area contributed by atoms with Crippen molar-refractivity contribution in [2.45, 2.75) is 6.42 Å². The lowest BCUT2D eigenvalue weighted by Crippen LogP contribution is -1.92. The topological polar surface area (TPSA) is 28.7 Å². The van der Waals surface area contributed by atoms with Crippen LogP contribution in [0.15, 0.2) is 42.6 Å². The van der Waals surface area contributed by atoms with Crippen LogP contribution in [0, 0.1) is 0 Å². The van der Waals surface area contributed by atoms with Crippen molar-refractivity contribution < 1.29 is 0 Å². The summed E-state index contributed by atoms with van der Waals surface area (Å²) in [4.78, 5) is 7.69. The molecule has 0 bridgehead atoms. The van der Waals surface area contributed by atoms with Gasteiger partial charge in [0.2, 0.25) is 0 Å². The van der Waals surface area contributed by atoms with Crippen LogP contribution >= 0.6 is 46.4 Å². The largest absolute Gasteiger partial charge is 0.348 e. The zero-order valence-corrected chi connectivity index (χ0v) is 14.2. The molecule has 0 aliphatic rings. The van der Waals surface area contributed by atoms with Crippen molar-refractivity contribution in [3.8, 4) is 11.3 Å². The first-order valence-corrected chi connectivity index (χ1v) is 7.97. The minimum Gasteiger partial charge on any atom is -0.348 e. The molecule has 3 rings (SSSR count). The molecule has 0 aliphatic heterocycles. The Bertz CT molecular complexity index is 807. The second kappa shape index (κ2) is 6.51. The Morgan fingerprint density at radius 2 is 1.59 bits per heavy atom. The van der Waals surface area contributed by atoms with Crippen molar-refractivity contribution in [3.05, 3.63) is 74.1 Å². The van der Waals surface area contributed by atoms with Crippen molar-refractivity contribution >= 4 is 46.4 Å². The van der Waals surface area contributed by atoms with E-state index in [9.17, 15) is 0 Å². The quantitative estimate of drug-likeness (QED) is 0.576. The van der Waals surface area contributed by atoms with Gasteiger partial charge in [0.05, 0.1) is 5.69 Å². The molecule has 112 valence electrons. The van der Waals surface area contributed by atoms with Gasteiger partial charge >= 0.3 is 0 Å². The maximum atomic E-state index is 6.18. The molecular weight excluding hydrogens is 362 g/mol. The highest BCUT2D eigenvalue weighted by atomic mass is 35.5. The Balaban J connectivity index is 1.89. The fourth-order valence-corrected chi connectivity index (χ4v) is 3.07. The Hall–Kier alpha value is -1.19. The first-order chi connectivity index (χ1) is 10.5. The van der Waals surface area contributed by atoms with Crippen molar-refractivity contribution in [1.29, 1.82) is 0 Å². The van der Waals surface area contributed by atoms with E-state index in [1.165, 1.54) is 0 Å². The Morgan fingerprint density at radius 3 is 2.32 bits per heavy atom. The summed E-state index contributed by atoms with van der Waals surface area (Å²) in [5.74, 6) is 0.787. The fourth-order valence-electron chi connectivity index (χ4n) is 2.16. The van der Waals surface area contributed by atoms with Gasteiger partial charge in [0, 0.05) is 38.3 Å². The number of hydrogen-bond donors (Lipinski definition) is 1. The average molecular weight is 372 g/mol. The minimum atomic E-state index is 0.563. The molecule has 0 fully saturated rings. The van der Waals surface area contributed by atoms with Gasteiger partial charge in [0.25, 0.3) is 0 Å². The van der Waals surface area contributed by atoms with Gasteiger partial charge in [-0.1, -0.05) is 46.4 Å². The molecule has 22 heavy (non-hydrogen) atoms. The Morgan fingerprint density at radius 1 is 0.864 bits per heavy atom. The highest BCUT2D eigenvalue weighted by molar-refractivity contribution is 6.35. The summed E-state index contributed by atoms with van der Waals surface area (Å²) in [7, 11) is 0. The van der Waals surface area contributed by atoms with E-state index >= 15 is 0 Å². The monoisotopic (exact) mass is 370 g/mol. The van der Waals surface area contributed by atoms with Gasteiger partial charge in [-0.2, -0.15) is 0 Å². The number of nitrogens with one attached hydrogen (secondary N) is 1. The second-order valence-electron chi connectivity index (χ2n) is 4.80. The molecule has 3 aromatic rings. The third-order valence-corrected chi connectivity index (χ3v) is 4.20. The maximum Gasteiger partial charge on any atom is 0.111 e. The first-order valence-electron chi connectivity index (χ1n) is 6.46. The molecule has 2 nitrogen and oxygen atoms in total. The van der Waals surface area contributed by atoms with Crippen LogP contribution in [0.4, 0.5) is 0 Å². The molecular formula is C16H10Cl4N2. The molecule has 0 spiro atoms.